The number of methoxy groups -OCH3 is 1. The molecule has 6 nitrogen and oxygen atoms in total. The number of ether oxygens (including phenoxy) is 2. The maximum atomic E-state index is 14.9. The van der Waals surface area contributed by atoms with E-state index in [1.54, 1.807) is 23.1 Å². The van der Waals surface area contributed by atoms with Gasteiger partial charge in [-0.1, -0.05) is 6.92 Å². The van der Waals surface area contributed by atoms with Gasteiger partial charge in [0, 0.05) is 37.8 Å². The Morgan fingerprint density at radius 3 is 2.40 bits per heavy atom. The summed E-state index contributed by atoms with van der Waals surface area (Å²) >= 11 is 0. The number of piperidine rings is 1. The van der Waals surface area contributed by atoms with Crippen LogP contribution in [0.25, 0.3) is 0 Å². The van der Waals surface area contributed by atoms with Crippen molar-refractivity contribution in [2.45, 2.75) is 57.5 Å². The highest BCUT2D eigenvalue weighted by molar-refractivity contribution is 5.95. The van der Waals surface area contributed by atoms with Crippen LogP contribution in [0.15, 0.2) is 24.3 Å². The number of carbonyl (C=O) groups excluding carboxylic acids is 1. The van der Waals surface area contributed by atoms with Crippen LogP contribution < -0.4 is 9.47 Å². The van der Waals surface area contributed by atoms with Gasteiger partial charge in [0.2, 0.25) is 0 Å². The summed E-state index contributed by atoms with van der Waals surface area (Å²) in [5.41, 5.74) is -1.35. The second-order valence-corrected chi connectivity index (χ2v) is 9.32. The first-order valence-electron chi connectivity index (χ1n) is 11.8. The summed E-state index contributed by atoms with van der Waals surface area (Å²) in [6, 6.07) is 5.63. The lowest BCUT2D eigenvalue weighted by molar-refractivity contribution is -0.144. The van der Waals surface area contributed by atoms with E-state index in [1.165, 1.54) is 7.11 Å². The van der Waals surface area contributed by atoms with Crippen LogP contribution in [-0.2, 0) is 18.3 Å². The van der Waals surface area contributed by atoms with Gasteiger partial charge < -0.3 is 18.9 Å². The van der Waals surface area contributed by atoms with Crippen molar-refractivity contribution in [3.05, 3.63) is 47.0 Å². The molecule has 0 bridgehead atoms. The van der Waals surface area contributed by atoms with Crippen LogP contribution in [0.4, 0.5) is 17.6 Å². The number of halogens is 4. The molecule has 35 heavy (non-hydrogen) atoms. The first kappa shape index (κ1) is 25.3. The van der Waals surface area contributed by atoms with E-state index >= 15 is 0 Å². The topological polar surface area (TPSA) is 46.9 Å². The van der Waals surface area contributed by atoms with Gasteiger partial charge in [-0.2, -0.15) is 13.2 Å². The minimum Gasteiger partial charge on any atom is -0.493 e. The fourth-order valence-electron chi connectivity index (χ4n) is 5.18. The third kappa shape index (κ3) is 4.48. The van der Waals surface area contributed by atoms with Gasteiger partial charge in [0.1, 0.15) is 11.5 Å². The SMILES string of the molecule is CCC(C)Oc1ccc(C(=O)N2CCC3(CC2)c2c(F)cc(C(F)(F)F)n2CCN3C)cc1OC. The largest absolute Gasteiger partial charge is 0.493 e. The Hall–Kier alpha value is -2.75. The monoisotopic (exact) mass is 497 g/mol. The van der Waals surface area contributed by atoms with Gasteiger partial charge in [-0.15, -0.1) is 0 Å². The van der Waals surface area contributed by atoms with Gasteiger partial charge >= 0.3 is 6.18 Å². The van der Waals surface area contributed by atoms with Crippen molar-refractivity contribution in [1.82, 2.24) is 14.4 Å². The lowest BCUT2D eigenvalue weighted by atomic mass is 9.81. The van der Waals surface area contributed by atoms with Gasteiger partial charge in [-0.25, -0.2) is 4.39 Å². The highest BCUT2D eigenvalue weighted by Crippen LogP contribution is 2.45. The molecular weight excluding hydrogens is 466 g/mol. The Labute approximate surface area is 202 Å². The molecular formula is C25H31F4N3O3. The molecule has 2 aliphatic heterocycles. The van der Waals surface area contributed by atoms with E-state index in [0.29, 0.717) is 55.6 Å². The van der Waals surface area contributed by atoms with Crippen LogP contribution in [0.2, 0.25) is 0 Å². The molecule has 4 rings (SSSR count). The molecule has 2 aliphatic rings. The smallest absolute Gasteiger partial charge is 0.431 e. The van der Waals surface area contributed by atoms with E-state index in [9.17, 15) is 22.4 Å². The number of likely N-dealkylation sites (tertiary alicyclic amines) is 1. The average Bonchev–Trinajstić information content (AvgIpc) is 3.19. The number of benzene rings is 1. The molecule has 2 aromatic rings. The van der Waals surface area contributed by atoms with Crippen molar-refractivity contribution in [1.29, 1.82) is 0 Å². The Morgan fingerprint density at radius 1 is 1.11 bits per heavy atom. The number of alkyl halides is 3. The predicted octanol–water partition coefficient (Wildman–Crippen LogP) is 4.91. The molecule has 0 aliphatic carbocycles. The maximum absolute atomic E-state index is 14.9. The molecule has 1 saturated heterocycles. The zero-order valence-electron chi connectivity index (χ0n) is 20.4. The molecule has 1 amide bonds. The second-order valence-electron chi connectivity index (χ2n) is 9.32. The summed E-state index contributed by atoms with van der Waals surface area (Å²) < 4.78 is 67.8. The summed E-state index contributed by atoms with van der Waals surface area (Å²) in [7, 11) is 3.32. The molecule has 1 aromatic carbocycles. The number of aromatic nitrogens is 1. The molecule has 0 N–H and O–H groups in total. The minimum atomic E-state index is -4.63. The number of amides is 1. The van der Waals surface area contributed by atoms with Gasteiger partial charge in [0.05, 0.1) is 24.4 Å². The van der Waals surface area contributed by atoms with Gasteiger partial charge in [0.15, 0.2) is 11.5 Å². The molecule has 0 radical (unpaired) electrons. The molecule has 10 heteroatoms. The number of nitrogens with zero attached hydrogens (tertiary/aromatic N) is 3. The fraction of sp³-hybridized carbons (Fsp3) is 0.560. The highest BCUT2D eigenvalue weighted by atomic mass is 19.4. The number of carbonyl (C=O) groups is 1. The van der Waals surface area contributed by atoms with Crippen LogP contribution in [-0.4, -0.2) is 60.2 Å². The summed E-state index contributed by atoms with van der Waals surface area (Å²) in [5, 5.41) is 0. The minimum absolute atomic E-state index is 0.00609. The normalized spacial score (nSPS) is 18.9. The van der Waals surface area contributed by atoms with Crippen LogP contribution in [0.5, 0.6) is 11.5 Å². The molecule has 1 fully saturated rings. The van der Waals surface area contributed by atoms with E-state index in [0.717, 1.165) is 11.0 Å². The third-order valence-electron chi connectivity index (χ3n) is 7.36. The predicted molar refractivity (Wildman–Crippen MR) is 122 cm³/mol. The first-order valence-corrected chi connectivity index (χ1v) is 11.8. The standard InChI is InChI=1S/C25H31F4N3O3/c1-5-16(2)35-19-7-6-17(14-20(19)34-4)23(33)31-10-8-24(9-11-31)22-18(26)15-21(25(27,28)29)32(22)13-12-30(24)3/h6-7,14-16H,5,8-13H2,1-4H3. The van der Waals surface area contributed by atoms with Gasteiger partial charge in [-0.05, 0) is 51.4 Å². The average molecular weight is 498 g/mol. The molecule has 1 spiro atoms. The summed E-state index contributed by atoms with van der Waals surface area (Å²) in [5.74, 6) is -0.0448. The molecule has 192 valence electrons. The zero-order valence-corrected chi connectivity index (χ0v) is 20.4. The van der Waals surface area contributed by atoms with Crippen LogP contribution >= 0.6 is 0 Å². The van der Waals surface area contributed by atoms with E-state index in [4.69, 9.17) is 9.47 Å². The van der Waals surface area contributed by atoms with E-state index in [2.05, 4.69) is 0 Å². The van der Waals surface area contributed by atoms with Crippen molar-refractivity contribution in [3.63, 3.8) is 0 Å². The second kappa shape index (κ2) is 9.37. The van der Waals surface area contributed by atoms with E-state index in [1.807, 2.05) is 25.8 Å². The van der Waals surface area contributed by atoms with E-state index < -0.39 is 23.2 Å². The number of fused-ring (bicyclic) bond motifs is 2. The zero-order chi connectivity index (χ0) is 25.5. The fourth-order valence-corrected chi connectivity index (χ4v) is 5.18. The third-order valence-corrected chi connectivity index (χ3v) is 7.36. The number of hydrogen-bond acceptors (Lipinski definition) is 4. The highest BCUT2D eigenvalue weighted by Gasteiger charge is 2.49. The lowest BCUT2D eigenvalue weighted by Crippen LogP contribution is -2.57. The van der Waals surface area contributed by atoms with Gasteiger partial charge in [-0.3, -0.25) is 9.69 Å². The van der Waals surface area contributed by atoms with Crippen molar-refractivity contribution in [2.75, 3.05) is 33.8 Å². The van der Waals surface area contributed by atoms with Gasteiger partial charge in [0.25, 0.3) is 5.91 Å². The summed E-state index contributed by atoms with van der Waals surface area (Å²) in [4.78, 5) is 16.8. The molecule has 3 heterocycles. The van der Waals surface area contributed by atoms with Crippen molar-refractivity contribution < 1.29 is 31.8 Å². The van der Waals surface area contributed by atoms with Crippen LogP contribution in [0.3, 0.4) is 0 Å². The number of likely N-dealkylation sites (N-methyl/N-ethyl adjacent to an activating group) is 1. The number of rotatable bonds is 5. The lowest BCUT2D eigenvalue weighted by Gasteiger charge is -2.50. The van der Waals surface area contributed by atoms with Crippen molar-refractivity contribution in [3.8, 4) is 11.5 Å². The van der Waals surface area contributed by atoms with E-state index in [-0.39, 0.29) is 24.2 Å². The van der Waals surface area contributed by atoms with Crippen LogP contribution in [0.1, 0.15) is 54.9 Å². The molecule has 1 atom stereocenters. The molecule has 1 unspecified atom stereocenters. The Balaban J connectivity index is 1.55. The number of hydrogen-bond donors (Lipinski definition) is 0. The van der Waals surface area contributed by atoms with Crippen LogP contribution in [0, 0.1) is 5.82 Å². The summed E-state index contributed by atoms with van der Waals surface area (Å²) in [6.45, 7) is 4.98. The quantitative estimate of drug-likeness (QED) is 0.551. The van der Waals surface area contributed by atoms with Crippen molar-refractivity contribution in [2.24, 2.45) is 0 Å². The Kier molecular flexibility index (Phi) is 6.78. The Morgan fingerprint density at radius 2 is 1.80 bits per heavy atom. The maximum Gasteiger partial charge on any atom is 0.431 e. The van der Waals surface area contributed by atoms with Crippen molar-refractivity contribution >= 4 is 5.91 Å². The molecule has 1 aromatic heterocycles. The first-order chi connectivity index (χ1) is 16.5. The molecule has 0 saturated carbocycles. The Bertz CT molecular complexity index is 1090. The summed E-state index contributed by atoms with van der Waals surface area (Å²) in [6.07, 6.45) is -3.15.